The number of sulfonamides is 1. The first-order chi connectivity index (χ1) is 16.0. The minimum absolute atomic E-state index is 0.0604. The largest absolute Gasteiger partial charge is 0.416 e. The molecule has 1 atom stereocenters. The van der Waals surface area contributed by atoms with E-state index in [-0.39, 0.29) is 17.3 Å². The molecule has 1 fully saturated rings. The first kappa shape index (κ1) is 25.6. The van der Waals surface area contributed by atoms with E-state index in [1.54, 1.807) is 5.38 Å². The first-order valence-electron chi connectivity index (χ1n) is 9.83. The summed E-state index contributed by atoms with van der Waals surface area (Å²) in [4.78, 5) is 17.2. The van der Waals surface area contributed by atoms with Crippen molar-refractivity contribution in [3.63, 3.8) is 0 Å². The summed E-state index contributed by atoms with van der Waals surface area (Å²) in [5.74, 6) is -0.436. The number of amides is 1. The van der Waals surface area contributed by atoms with Crippen LogP contribution in [0.2, 0.25) is 4.34 Å². The minimum atomic E-state index is -4.41. The van der Waals surface area contributed by atoms with Gasteiger partial charge in [-0.05, 0) is 47.0 Å². The molecule has 14 heteroatoms. The van der Waals surface area contributed by atoms with Gasteiger partial charge in [-0.15, -0.1) is 22.7 Å². The zero-order valence-electron chi connectivity index (χ0n) is 17.1. The number of thiazole rings is 1. The van der Waals surface area contributed by atoms with Gasteiger partial charge in [0.1, 0.15) is 19.6 Å². The van der Waals surface area contributed by atoms with Crippen molar-refractivity contribution >= 4 is 66.1 Å². The minimum Gasteiger partial charge on any atom is -0.348 e. The average Bonchev–Trinajstić information content (AvgIpc) is 3.52. The molecular formula is C20H16BrClF3N3O3S3. The number of nitrogens with one attached hydrogen (secondary N) is 1. The SMILES string of the molecule is O=C(NCc1nc(-c2ccc(C(F)(F)F)cc2)cs1)[C@@H]1CCCN1S(=O)(=O)c1cc(Br)c(Cl)s1. The molecule has 2 aromatic heterocycles. The smallest absolute Gasteiger partial charge is 0.348 e. The molecule has 34 heavy (non-hydrogen) atoms. The van der Waals surface area contributed by atoms with Crippen molar-refractivity contribution in [2.45, 2.75) is 35.8 Å². The Balaban J connectivity index is 1.41. The van der Waals surface area contributed by atoms with Gasteiger partial charge >= 0.3 is 6.18 Å². The van der Waals surface area contributed by atoms with Gasteiger partial charge in [-0.25, -0.2) is 13.4 Å². The van der Waals surface area contributed by atoms with E-state index in [4.69, 9.17) is 11.6 Å². The van der Waals surface area contributed by atoms with E-state index in [0.717, 1.165) is 23.5 Å². The van der Waals surface area contributed by atoms with Gasteiger partial charge < -0.3 is 5.32 Å². The average molecular weight is 615 g/mol. The number of hydrogen-bond acceptors (Lipinski definition) is 6. The summed E-state index contributed by atoms with van der Waals surface area (Å²) in [6.45, 7) is 0.299. The standard InChI is InChI=1S/C20H16BrClF3N3O3S3/c21-13-8-17(33-18(13)22)34(30,31)28-7-1-2-15(28)19(29)26-9-16-27-14(10-32-16)11-3-5-12(6-4-11)20(23,24)25/h3-6,8,10,15H,1-2,7,9H2,(H,26,29)/t15-/m0/s1. The lowest BCUT2D eigenvalue weighted by Gasteiger charge is -2.22. The van der Waals surface area contributed by atoms with Crippen LogP contribution in [0.5, 0.6) is 0 Å². The molecule has 3 heterocycles. The van der Waals surface area contributed by atoms with Crippen molar-refractivity contribution in [1.29, 1.82) is 0 Å². The molecule has 0 bridgehead atoms. The Kier molecular flexibility index (Phi) is 7.42. The van der Waals surface area contributed by atoms with Crippen LogP contribution < -0.4 is 5.32 Å². The summed E-state index contributed by atoms with van der Waals surface area (Å²) < 4.78 is 66.3. The highest BCUT2D eigenvalue weighted by molar-refractivity contribution is 9.10. The predicted molar refractivity (Wildman–Crippen MR) is 128 cm³/mol. The predicted octanol–water partition coefficient (Wildman–Crippen LogP) is 5.78. The molecule has 1 aliphatic rings. The van der Waals surface area contributed by atoms with E-state index >= 15 is 0 Å². The van der Waals surface area contributed by atoms with Crippen LogP contribution in [0.15, 0.2) is 44.4 Å². The number of carbonyl (C=O) groups is 1. The molecule has 0 unspecified atom stereocenters. The highest BCUT2D eigenvalue weighted by Crippen LogP contribution is 2.38. The molecule has 0 radical (unpaired) electrons. The van der Waals surface area contributed by atoms with Crippen LogP contribution in [0.4, 0.5) is 13.2 Å². The number of halogens is 5. The van der Waals surface area contributed by atoms with E-state index in [1.807, 2.05) is 0 Å². The van der Waals surface area contributed by atoms with E-state index < -0.39 is 33.7 Å². The van der Waals surface area contributed by atoms with Gasteiger partial charge in [0.2, 0.25) is 5.91 Å². The van der Waals surface area contributed by atoms with Crippen molar-refractivity contribution in [3.8, 4) is 11.3 Å². The Morgan fingerprint density at radius 3 is 2.62 bits per heavy atom. The summed E-state index contributed by atoms with van der Waals surface area (Å²) in [6.07, 6.45) is -3.48. The number of nitrogens with zero attached hydrogens (tertiary/aromatic N) is 2. The van der Waals surface area contributed by atoms with Gasteiger partial charge in [0.05, 0.1) is 17.8 Å². The Bertz CT molecular complexity index is 1290. The fraction of sp³-hybridized carbons (Fsp3) is 0.300. The maximum absolute atomic E-state index is 13.0. The Morgan fingerprint density at radius 1 is 1.29 bits per heavy atom. The number of rotatable bonds is 6. The van der Waals surface area contributed by atoms with Gasteiger partial charge in [0.15, 0.2) is 0 Å². The van der Waals surface area contributed by atoms with Crippen LogP contribution in [-0.2, 0) is 27.5 Å². The van der Waals surface area contributed by atoms with Crippen molar-refractivity contribution in [3.05, 3.63) is 55.1 Å². The summed E-state index contributed by atoms with van der Waals surface area (Å²) in [5.41, 5.74) is 0.274. The monoisotopic (exact) mass is 613 g/mol. The maximum Gasteiger partial charge on any atom is 0.416 e. The lowest BCUT2D eigenvalue weighted by Crippen LogP contribution is -2.45. The van der Waals surface area contributed by atoms with Crippen LogP contribution in [-0.4, -0.2) is 36.2 Å². The normalized spacial score (nSPS) is 17.3. The van der Waals surface area contributed by atoms with E-state index in [0.29, 0.717) is 37.9 Å². The molecule has 1 saturated heterocycles. The van der Waals surface area contributed by atoms with E-state index in [2.05, 4.69) is 26.2 Å². The third-order valence-electron chi connectivity index (χ3n) is 5.17. The summed E-state index contributed by atoms with van der Waals surface area (Å²) in [5, 5.41) is 4.96. The second-order valence-electron chi connectivity index (χ2n) is 7.38. The maximum atomic E-state index is 13.0. The van der Waals surface area contributed by atoms with Gasteiger partial charge in [-0.2, -0.15) is 17.5 Å². The molecule has 1 amide bonds. The van der Waals surface area contributed by atoms with E-state index in [1.165, 1.54) is 33.8 Å². The fourth-order valence-electron chi connectivity index (χ4n) is 3.49. The van der Waals surface area contributed by atoms with Gasteiger partial charge in [-0.1, -0.05) is 23.7 Å². The number of carbonyl (C=O) groups excluding carboxylic acids is 1. The molecule has 0 spiro atoms. The Hall–Kier alpha value is -1.51. The molecule has 1 N–H and O–H groups in total. The quantitative estimate of drug-likeness (QED) is 0.382. The second-order valence-corrected chi connectivity index (χ2v) is 12.9. The lowest BCUT2D eigenvalue weighted by molar-refractivity contribution is -0.137. The molecule has 3 aromatic rings. The summed E-state index contributed by atoms with van der Waals surface area (Å²) in [7, 11) is -3.88. The summed E-state index contributed by atoms with van der Waals surface area (Å²) >= 11 is 11.4. The second kappa shape index (κ2) is 9.86. The Morgan fingerprint density at radius 2 is 2.00 bits per heavy atom. The van der Waals surface area contributed by atoms with Gasteiger partial charge in [0, 0.05) is 22.0 Å². The van der Waals surface area contributed by atoms with E-state index in [9.17, 15) is 26.4 Å². The van der Waals surface area contributed by atoms with Gasteiger partial charge in [0.25, 0.3) is 10.0 Å². The molecule has 1 aromatic carbocycles. The Labute approximate surface area is 214 Å². The molecule has 6 nitrogen and oxygen atoms in total. The van der Waals surface area contributed by atoms with Crippen LogP contribution in [0.3, 0.4) is 0 Å². The number of thiophene rings is 1. The lowest BCUT2D eigenvalue weighted by atomic mass is 10.1. The van der Waals surface area contributed by atoms with Crippen molar-refractivity contribution in [2.75, 3.05) is 6.54 Å². The van der Waals surface area contributed by atoms with Gasteiger partial charge in [-0.3, -0.25) is 4.79 Å². The van der Waals surface area contributed by atoms with Crippen LogP contribution in [0.25, 0.3) is 11.3 Å². The molecule has 0 aliphatic carbocycles. The first-order valence-corrected chi connectivity index (χ1v) is 14.1. The molecule has 182 valence electrons. The highest BCUT2D eigenvalue weighted by atomic mass is 79.9. The molecular weight excluding hydrogens is 599 g/mol. The number of hydrogen-bond donors (Lipinski definition) is 1. The fourth-order valence-corrected chi connectivity index (χ4v) is 8.33. The van der Waals surface area contributed by atoms with Crippen molar-refractivity contribution in [1.82, 2.24) is 14.6 Å². The summed E-state index contributed by atoms with van der Waals surface area (Å²) in [6, 6.07) is 5.25. The van der Waals surface area contributed by atoms with Crippen LogP contribution in [0.1, 0.15) is 23.4 Å². The number of benzene rings is 1. The zero-order valence-corrected chi connectivity index (χ0v) is 21.9. The van der Waals surface area contributed by atoms with Crippen molar-refractivity contribution < 1.29 is 26.4 Å². The van der Waals surface area contributed by atoms with Crippen LogP contribution >= 0.6 is 50.2 Å². The number of aromatic nitrogens is 1. The third-order valence-corrected chi connectivity index (χ3v) is 10.8. The number of alkyl halides is 3. The zero-order chi connectivity index (χ0) is 24.7. The topological polar surface area (TPSA) is 79.4 Å². The molecule has 4 rings (SSSR count). The highest BCUT2D eigenvalue weighted by Gasteiger charge is 2.40. The van der Waals surface area contributed by atoms with Crippen LogP contribution in [0, 0.1) is 0 Å². The van der Waals surface area contributed by atoms with Crippen molar-refractivity contribution in [2.24, 2.45) is 0 Å². The molecule has 1 aliphatic heterocycles. The molecule has 0 saturated carbocycles. The third kappa shape index (κ3) is 5.34.